The first-order valence-electron chi connectivity index (χ1n) is 6.52. The maximum atomic E-state index is 12.5. The standard InChI is InChI=1S/C7H10N2.C6H12F2NP/c1-2-6-4-3-5-7(8)9-6;7-6(8,10)5-1-3-9-4-2-5/h3-5H,2H2,1H3,(H2,8,9);5,9H,1-4,10H2. The van der Waals surface area contributed by atoms with Crippen LogP contribution in [0.5, 0.6) is 0 Å². The Kier molecular flexibility index (Phi) is 6.59. The minimum absolute atomic E-state index is 0.432. The SMILES string of the molecule is CCc1cccc(N)n1.FC(F)(P)C1CCNCC1. The van der Waals surface area contributed by atoms with Gasteiger partial charge in [-0.05, 0) is 44.5 Å². The Morgan fingerprint density at radius 1 is 1.42 bits per heavy atom. The van der Waals surface area contributed by atoms with Crippen molar-refractivity contribution in [3.05, 3.63) is 23.9 Å². The number of nitrogens with one attached hydrogen (secondary N) is 1. The molecule has 1 aromatic rings. The number of rotatable bonds is 2. The molecule has 6 heteroatoms. The lowest BCUT2D eigenvalue weighted by atomic mass is 9.99. The summed E-state index contributed by atoms with van der Waals surface area (Å²) >= 11 is 0. The Balaban J connectivity index is 0.000000191. The maximum absolute atomic E-state index is 12.5. The van der Waals surface area contributed by atoms with Crippen molar-refractivity contribution in [2.24, 2.45) is 5.92 Å². The zero-order chi connectivity index (χ0) is 14.3. The van der Waals surface area contributed by atoms with E-state index in [0.29, 0.717) is 18.7 Å². The van der Waals surface area contributed by atoms with E-state index in [1.807, 2.05) is 12.1 Å². The maximum Gasteiger partial charge on any atom is 0.261 e. The minimum Gasteiger partial charge on any atom is -0.384 e. The molecule has 2 rings (SSSR count). The van der Waals surface area contributed by atoms with Crippen LogP contribution in [0.4, 0.5) is 14.6 Å². The molecule has 2 heterocycles. The number of hydrogen-bond acceptors (Lipinski definition) is 3. The van der Waals surface area contributed by atoms with E-state index in [-0.39, 0.29) is 0 Å². The lowest BCUT2D eigenvalue weighted by Crippen LogP contribution is -2.34. The lowest BCUT2D eigenvalue weighted by Gasteiger charge is -2.27. The molecule has 0 spiro atoms. The summed E-state index contributed by atoms with van der Waals surface area (Å²) in [5, 5.41) is 3.04. The zero-order valence-corrected chi connectivity index (χ0v) is 12.4. The summed E-state index contributed by atoms with van der Waals surface area (Å²) < 4.78 is 25.1. The number of nitrogens with zero attached hydrogens (tertiary/aromatic N) is 1. The largest absolute Gasteiger partial charge is 0.384 e. The molecule has 1 saturated heterocycles. The second kappa shape index (κ2) is 7.71. The van der Waals surface area contributed by atoms with Crippen LogP contribution in [0.15, 0.2) is 18.2 Å². The van der Waals surface area contributed by atoms with Crippen molar-refractivity contribution in [1.82, 2.24) is 10.3 Å². The van der Waals surface area contributed by atoms with Crippen molar-refractivity contribution in [3.63, 3.8) is 0 Å². The fourth-order valence-corrected chi connectivity index (χ4v) is 2.24. The van der Waals surface area contributed by atoms with Crippen molar-refractivity contribution in [2.45, 2.75) is 31.8 Å². The highest BCUT2D eigenvalue weighted by Crippen LogP contribution is 2.36. The van der Waals surface area contributed by atoms with E-state index in [4.69, 9.17) is 5.73 Å². The van der Waals surface area contributed by atoms with Gasteiger partial charge in [-0.15, -0.1) is 0 Å². The van der Waals surface area contributed by atoms with Crippen LogP contribution in [-0.4, -0.2) is 23.7 Å². The Morgan fingerprint density at radius 2 is 2.05 bits per heavy atom. The number of nitrogen functional groups attached to an aromatic ring is 1. The van der Waals surface area contributed by atoms with E-state index in [1.165, 1.54) is 0 Å². The van der Waals surface area contributed by atoms with Gasteiger partial charge >= 0.3 is 0 Å². The van der Waals surface area contributed by atoms with E-state index in [9.17, 15) is 8.78 Å². The van der Waals surface area contributed by atoms with Crippen LogP contribution in [0.3, 0.4) is 0 Å². The number of anilines is 1. The van der Waals surface area contributed by atoms with Crippen LogP contribution in [0.2, 0.25) is 0 Å². The normalized spacial score (nSPS) is 16.6. The fraction of sp³-hybridized carbons (Fsp3) is 0.615. The van der Waals surface area contributed by atoms with Gasteiger partial charge in [-0.2, -0.15) is 0 Å². The van der Waals surface area contributed by atoms with Gasteiger partial charge in [0.25, 0.3) is 5.66 Å². The predicted octanol–water partition coefficient (Wildman–Crippen LogP) is 2.68. The molecule has 0 radical (unpaired) electrons. The van der Waals surface area contributed by atoms with Gasteiger partial charge in [0.05, 0.1) is 0 Å². The average Bonchev–Trinajstić information content (AvgIpc) is 2.39. The zero-order valence-electron chi connectivity index (χ0n) is 11.2. The van der Waals surface area contributed by atoms with E-state index in [1.54, 1.807) is 15.3 Å². The molecule has 19 heavy (non-hydrogen) atoms. The number of piperidine rings is 1. The van der Waals surface area contributed by atoms with Crippen LogP contribution < -0.4 is 11.1 Å². The van der Waals surface area contributed by atoms with Gasteiger partial charge in [-0.25, -0.2) is 13.8 Å². The number of hydrogen-bond donors (Lipinski definition) is 2. The third-order valence-corrected chi connectivity index (χ3v) is 3.55. The predicted molar refractivity (Wildman–Crippen MR) is 78.3 cm³/mol. The third-order valence-electron chi connectivity index (χ3n) is 3.07. The van der Waals surface area contributed by atoms with Gasteiger partial charge in [0.15, 0.2) is 0 Å². The van der Waals surface area contributed by atoms with Crippen molar-refractivity contribution >= 4 is 15.1 Å². The summed E-state index contributed by atoms with van der Waals surface area (Å²) in [5.41, 5.74) is 3.92. The van der Waals surface area contributed by atoms with Crippen LogP contribution in [-0.2, 0) is 6.42 Å². The van der Waals surface area contributed by atoms with E-state index in [2.05, 4.69) is 17.2 Å². The molecule has 0 aromatic carbocycles. The van der Waals surface area contributed by atoms with E-state index >= 15 is 0 Å². The van der Waals surface area contributed by atoms with Crippen molar-refractivity contribution in [1.29, 1.82) is 0 Å². The minimum atomic E-state index is -2.55. The number of aromatic nitrogens is 1. The molecule has 1 aromatic heterocycles. The van der Waals surface area contributed by atoms with Crippen molar-refractivity contribution in [2.75, 3.05) is 18.8 Å². The molecule has 0 bridgehead atoms. The van der Waals surface area contributed by atoms with E-state index in [0.717, 1.165) is 25.2 Å². The third kappa shape index (κ3) is 6.26. The average molecular weight is 289 g/mol. The van der Waals surface area contributed by atoms with Gasteiger partial charge in [0, 0.05) is 11.6 Å². The highest BCUT2D eigenvalue weighted by Gasteiger charge is 2.34. The number of pyridine rings is 1. The number of alkyl halides is 2. The summed E-state index contributed by atoms with van der Waals surface area (Å²) in [4.78, 5) is 4.07. The van der Waals surface area contributed by atoms with Gasteiger partial charge < -0.3 is 11.1 Å². The first kappa shape index (κ1) is 16.3. The van der Waals surface area contributed by atoms with Crippen molar-refractivity contribution < 1.29 is 8.78 Å². The van der Waals surface area contributed by atoms with Gasteiger partial charge in [-0.1, -0.05) is 22.2 Å². The first-order valence-corrected chi connectivity index (χ1v) is 7.10. The molecule has 0 amide bonds. The Bertz CT molecular complexity index is 376. The van der Waals surface area contributed by atoms with Crippen molar-refractivity contribution in [3.8, 4) is 0 Å². The molecule has 108 valence electrons. The summed E-state index contributed by atoms with van der Waals surface area (Å²) in [7, 11) is 1.62. The first-order chi connectivity index (χ1) is 8.93. The highest BCUT2D eigenvalue weighted by atomic mass is 31.0. The van der Waals surface area contributed by atoms with Crippen LogP contribution in [0.25, 0.3) is 0 Å². The summed E-state index contributed by atoms with van der Waals surface area (Å²) in [5.74, 6) is 0.174. The summed E-state index contributed by atoms with van der Waals surface area (Å²) in [6.07, 6.45) is 2.14. The lowest BCUT2D eigenvalue weighted by molar-refractivity contribution is 0.0216. The molecular formula is C13H22F2N3P. The monoisotopic (exact) mass is 289 g/mol. The highest BCUT2D eigenvalue weighted by molar-refractivity contribution is 7.18. The molecule has 1 atom stereocenters. The van der Waals surface area contributed by atoms with Gasteiger partial charge in [0.2, 0.25) is 0 Å². The topological polar surface area (TPSA) is 50.9 Å². The number of nitrogens with two attached hydrogens (primary N) is 1. The molecule has 1 aliphatic heterocycles. The van der Waals surface area contributed by atoms with Crippen LogP contribution in [0, 0.1) is 5.92 Å². The second-order valence-corrected chi connectivity index (χ2v) is 5.38. The summed E-state index contributed by atoms with van der Waals surface area (Å²) in [6, 6.07) is 5.68. The number of aryl methyl sites for hydroxylation is 1. The molecule has 1 unspecified atom stereocenters. The quantitative estimate of drug-likeness (QED) is 0.823. The van der Waals surface area contributed by atoms with Crippen LogP contribution in [0.1, 0.15) is 25.5 Å². The molecule has 1 aliphatic rings. The molecule has 3 N–H and O–H groups in total. The molecule has 0 saturated carbocycles. The molecular weight excluding hydrogens is 267 g/mol. The summed E-state index contributed by atoms with van der Waals surface area (Å²) in [6.45, 7) is 3.52. The smallest absolute Gasteiger partial charge is 0.261 e. The Hall–Kier alpha value is -0.800. The van der Waals surface area contributed by atoms with Crippen LogP contribution >= 0.6 is 9.24 Å². The molecule has 3 nitrogen and oxygen atoms in total. The van der Waals surface area contributed by atoms with Gasteiger partial charge in [-0.3, -0.25) is 0 Å². The Labute approximate surface area is 115 Å². The Morgan fingerprint density at radius 3 is 2.42 bits per heavy atom. The van der Waals surface area contributed by atoms with E-state index < -0.39 is 11.6 Å². The fourth-order valence-electron chi connectivity index (χ4n) is 1.90. The number of halogens is 2. The molecule has 1 fully saturated rings. The van der Waals surface area contributed by atoms with Gasteiger partial charge in [0.1, 0.15) is 5.82 Å². The second-order valence-electron chi connectivity index (χ2n) is 4.61. The molecule has 0 aliphatic carbocycles.